The first-order valence-electron chi connectivity index (χ1n) is 7.84. The Labute approximate surface area is 143 Å². The van der Waals surface area contributed by atoms with Gasteiger partial charge in [0.2, 0.25) is 0 Å². The summed E-state index contributed by atoms with van der Waals surface area (Å²) in [6, 6.07) is 3.52. The SMILES string of the molecule is CC1(C)COC(=O)N(C2CCN(C(=O)c3ccc(Br)o3)CC2)C1. The molecular weight excluding hydrogens is 364 g/mol. The predicted molar refractivity (Wildman–Crippen MR) is 87.2 cm³/mol. The number of hydrogen-bond acceptors (Lipinski definition) is 4. The Morgan fingerprint density at radius 3 is 2.61 bits per heavy atom. The second kappa shape index (κ2) is 6.19. The van der Waals surface area contributed by atoms with Gasteiger partial charge in [0.1, 0.15) is 0 Å². The first kappa shape index (κ1) is 16.4. The Kier molecular flexibility index (Phi) is 4.40. The summed E-state index contributed by atoms with van der Waals surface area (Å²) in [7, 11) is 0. The summed E-state index contributed by atoms with van der Waals surface area (Å²) in [5.74, 6) is 0.240. The van der Waals surface area contributed by atoms with Gasteiger partial charge < -0.3 is 19.0 Å². The van der Waals surface area contributed by atoms with Crippen LogP contribution in [-0.2, 0) is 4.74 Å². The number of rotatable bonds is 2. The second-order valence-corrected chi connectivity index (χ2v) is 7.76. The number of nitrogens with zero attached hydrogens (tertiary/aromatic N) is 2. The van der Waals surface area contributed by atoms with Crippen molar-refractivity contribution in [2.24, 2.45) is 5.41 Å². The van der Waals surface area contributed by atoms with Crippen molar-refractivity contribution in [2.75, 3.05) is 26.2 Å². The molecule has 2 fully saturated rings. The van der Waals surface area contributed by atoms with Gasteiger partial charge in [-0.3, -0.25) is 4.79 Å². The zero-order valence-corrected chi connectivity index (χ0v) is 15.0. The Balaban J connectivity index is 1.60. The molecule has 0 aliphatic carbocycles. The lowest BCUT2D eigenvalue weighted by Gasteiger charge is -2.44. The van der Waals surface area contributed by atoms with Gasteiger partial charge in [-0.15, -0.1) is 0 Å². The highest BCUT2D eigenvalue weighted by Crippen LogP contribution is 2.28. The fourth-order valence-corrected chi connectivity index (χ4v) is 3.46. The van der Waals surface area contributed by atoms with Crippen molar-refractivity contribution in [3.63, 3.8) is 0 Å². The van der Waals surface area contributed by atoms with Crippen molar-refractivity contribution in [2.45, 2.75) is 32.7 Å². The van der Waals surface area contributed by atoms with Crippen LogP contribution in [0.1, 0.15) is 37.2 Å². The highest BCUT2D eigenvalue weighted by Gasteiger charge is 2.38. The van der Waals surface area contributed by atoms with E-state index in [1.807, 2.05) is 4.90 Å². The highest BCUT2D eigenvalue weighted by molar-refractivity contribution is 9.10. The molecule has 0 N–H and O–H groups in total. The smallest absolute Gasteiger partial charge is 0.410 e. The number of likely N-dealkylation sites (tertiary alicyclic amines) is 1. The number of ether oxygens (including phenoxy) is 1. The van der Waals surface area contributed by atoms with E-state index in [9.17, 15) is 9.59 Å². The van der Waals surface area contributed by atoms with Crippen LogP contribution < -0.4 is 0 Å². The van der Waals surface area contributed by atoms with Gasteiger partial charge in [0, 0.05) is 31.1 Å². The maximum absolute atomic E-state index is 12.4. The van der Waals surface area contributed by atoms with E-state index in [1.54, 1.807) is 17.0 Å². The normalized spacial score (nSPS) is 22.1. The van der Waals surface area contributed by atoms with Crippen molar-refractivity contribution in [3.05, 3.63) is 22.6 Å². The van der Waals surface area contributed by atoms with E-state index in [4.69, 9.17) is 9.15 Å². The van der Waals surface area contributed by atoms with Crippen LogP contribution in [0.15, 0.2) is 21.2 Å². The van der Waals surface area contributed by atoms with E-state index in [0.29, 0.717) is 36.7 Å². The molecule has 0 aromatic carbocycles. The molecule has 0 bridgehead atoms. The number of carbonyl (C=O) groups is 2. The van der Waals surface area contributed by atoms with Gasteiger partial charge in [-0.25, -0.2) is 4.79 Å². The van der Waals surface area contributed by atoms with E-state index in [0.717, 1.165) is 12.8 Å². The average molecular weight is 385 g/mol. The van der Waals surface area contributed by atoms with Crippen molar-refractivity contribution < 1.29 is 18.7 Å². The number of carbonyl (C=O) groups excluding carboxylic acids is 2. The van der Waals surface area contributed by atoms with Gasteiger partial charge in [0.25, 0.3) is 5.91 Å². The molecule has 23 heavy (non-hydrogen) atoms. The summed E-state index contributed by atoms with van der Waals surface area (Å²) < 4.78 is 11.2. The van der Waals surface area contributed by atoms with Gasteiger partial charge in [0.15, 0.2) is 10.4 Å². The predicted octanol–water partition coefficient (Wildman–Crippen LogP) is 3.13. The number of piperidine rings is 1. The lowest BCUT2D eigenvalue weighted by atomic mass is 9.91. The minimum atomic E-state index is -0.232. The summed E-state index contributed by atoms with van der Waals surface area (Å²) in [5, 5.41) is 0. The Hall–Kier alpha value is -1.50. The van der Waals surface area contributed by atoms with Crippen molar-refractivity contribution >= 4 is 27.9 Å². The average Bonchev–Trinajstić information content (AvgIpc) is 2.96. The van der Waals surface area contributed by atoms with Crippen LogP contribution in [-0.4, -0.2) is 54.1 Å². The summed E-state index contributed by atoms with van der Waals surface area (Å²) in [6.07, 6.45) is 1.29. The zero-order valence-electron chi connectivity index (χ0n) is 13.4. The van der Waals surface area contributed by atoms with Crippen LogP contribution in [0.2, 0.25) is 0 Å². The molecule has 126 valence electrons. The maximum Gasteiger partial charge on any atom is 0.410 e. The largest absolute Gasteiger partial charge is 0.449 e. The van der Waals surface area contributed by atoms with Crippen LogP contribution in [0.5, 0.6) is 0 Å². The standard InChI is InChI=1S/C16H21BrN2O4/c1-16(2)9-19(15(21)22-10-16)11-5-7-18(8-6-11)14(20)12-3-4-13(17)23-12/h3-4,11H,5-10H2,1-2H3. The van der Waals surface area contributed by atoms with Crippen molar-refractivity contribution in [3.8, 4) is 0 Å². The number of amides is 2. The summed E-state index contributed by atoms with van der Waals surface area (Å²) in [5.41, 5.74) is -0.0265. The van der Waals surface area contributed by atoms with Crippen molar-refractivity contribution in [1.82, 2.24) is 9.80 Å². The molecule has 2 aliphatic rings. The highest BCUT2D eigenvalue weighted by atomic mass is 79.9. The van der Waals surface area contributed by atoms with Crippen LogP contribution in [0.3, 0.4) is 0 Å². The van der Waals surface area contributed by atoms with Gasteiger partial charge >= 0.3 is 6.09 Å². The fraction of sp³-hybridized carbons (Fsp3) is 0.625. The molecule has 2 aliphatic heterocycles. The quantitative estimate of drug-likeness (QED) is 0.785. The first-order chi connectivity index (χ1) is 10.9. The summed E-state index contributed by atoms with van der Waals surface area (Å²) in [4.78, 5) is 28.0. The topological polar surface area (TPSA) is 63.0 Å². The van der Waals surface area contributed by atoms with Crippen LogP contribution in [0.25, 0.3) is 0 Å². The minimum absolute atomic E-state index is 0.0265. The van der Waals surface area contributed by atoms with Crippen LogP contribution in [0.4, 0.5) is 4.79 Å². The van der Waals surface area contributed by atoms with Gasteiger partial charge in [-0.1, -0.05) is 13.8 Å². The maximum atomic E-state index is 12.4. The van der Waals surface area contributed by atoms with Gasteiger partial charge in [0.05, 0.1) is 6.61 Å². The molecule has 0 radical (unpaired) electrons. The number of hydrogen-bond donors (Lipinski definition) is 0. The molecule has 1 aromatic heterocycles. The van der Waals surface area contributed by atoms with Crippen LogP contribution >= 0.6 is 15.9 Å². The number of furan rings is 1. The molecule has 0 saturated carbocycles. The number of cyclic esters (lactones) is 1. The Morgan fingerprint density at radius 1 is 1.30 bits per heavy atom. The van der Waals surface area contributed by atoms with Crippen molar-refractivity contribution in [1.29, 1.82) is 0 Å². The lowest BCUT2D eigenvalue weighted by Crippen LogP contribution is -2.55. The third-order valence-corrected chi connectivity index (χ3v) is 4.82. The van der Waals surface area contributed by atoms with Gasteiger partial charge in [-0.2, -0.15) is 0 Å². The molecule has 1 aromatic rings. The molecule has 3 heterocycles. The van der Waals surface area contributed by atoms with E-state index in [-0.39, 0.29) is 23.5 Å². The van der Waals surface area contributed by atoms with E-state index in [1.165, 1.54) is 0 Å². The molecule has 2 amide bonds. The molecule has 6 nitrogen and oxygen atoms in total. The third-order valence-electron chi connectivity index (χ3n) is 4.40. The van der Waals surface area contributed by atoms with Gasteiger partial charge in [-0.05, 0) is 40.9 Å². The molecule has 0 spiro atoms. The zero-order chi connectivity index (χ0) is 16.6. The van der Waals surface area contributed by atoms with Crippen LogP contribution in [0, 0.1) is 5.41 Å². The molecular formula is C16H21BrN2O4. The summed E-state index contributed by atoms with van der Waals surface area (Å²) >= 11 is 3.21. The monoisotopic (exact) mass is 384 g/mol. The first-order valence-corrected chi connectivity index (χ1v) is 8.63. The molecule has 2 saturated heterocycles. The fourth-order valence-electron chi connectivity index (χ4n) is 3.16. The lowest BCUT2D eigenvalue weighted by molar-refractivity contribution is -0.0155. The van der Waals surface area contributed by atoms with E-state index >= 15 is 0 Å². The number of halogens is 1. The van der Waals surface area contributed by atoms with E-state index < -0.39 is 0 Å². The summed E-state index contributed by atoms with van der Waals surface area (Å²) in [6.45, 7) is 6.60. The molecule has 3 rings (SSSR count). The third kappa shape index (κ3) is 3.54. The molecule has 0 atom stereocenters. The Bertz CT molecular complexity index is 605. The molecule has 7 heteroatoms. The Morgan fingerprint density at radius 2 is 2.00 bits per heavy atom. The van der Waals surface area contributed by atoms with E-state index in [2.05, 4.69) is 29.8 Å². The minimum Gasteiger partial charge on any atom is -0.449 e. The molecule has 0 unspecified atom stereocenters. The second-order valence-electron chi connectivity index (χ2n) is 6.97.